The van der Waals surface area contributed by atoms with E-state index < -0.39 is 0 Å². The molecule has 0 spiro atoms. The van der Waals surface area contributed by atoms with E-state index in [1.165, 1.54) is 21.5 Å². The summed E-state index contributed by atoms with van der Waals surface area (Å²) in [5.41, 5.74) is 0. The third-order valence-corrected chi connectivity index (χ3v) is 3.14. The topological polar surface area (TPSA) is 25.8 Å². The number of nitrogens with zero attached hydrogens (tertiary/aromatic N) is 2. The molecule has 0 aliphatic heterocycles. The van der Waals surface area contributed by atoms with Crippen molar-refractivity contribution in [2.24, 2.45) is 0 Å². The Morgan fingerprint density at radius 1 is 0.450 bits per heavy atom. The van der Waals surface area contributed by atoms with Crippen LogP contribution in [-0.2, 0) is 0 Å². The smallest absolute Gasteiger partial charge is 0.0496 e. The van der Waals surface area contributed by atoms with E-state index in [9.17, 15) is 0 Å². The van der Waals surface area contributed by atoms with E-state index in [1.54, 1.807) is 12.4 Å². The van der Waals surface area contributed by atoms with Gasteiger partial charge in [0.25, 0.3) is 0 Å². The molecule has 2 heteroatoms. The highest BCUT2D eigenvalue weighted by molar-refractivity contribution is 6.07. The fraction of sp³-hybridized carbons (Fsp3) is 0. The van der Waals surface area contributed by atoms with Crippen molar-refractivity contribution in [2.75, 3.05) is 0 Å². The van der Waals surface area contributed by atoms with Crippen LogP contribution in [0.25, 0.3) is 21.5 Å². The highest BCUT2D eigenvalue weighted by Crippen LogP contribution is 2.24. The van der Waals surface area contributed by atoms with Crippen molar-refractivity contribution in [2.45, 2.75) is 0 Å². The van der Waals surface area contributed by atoms with E-state index >= 15 is 0 Å². The van der Waals surface area contributed by atoms with Gasteiger partial charge in [0.15, 0.2) is 0 Å². The largest absolute Gasteiger partial charge is 0.159 e. The zero-order valence-corrected chi connectivity index (χ0v) is 11.0. The monoisotopic (exact) mass is 258 g/mol. The molecule has 0 aliphatic rings. The van der Waals surface area contributed by atoms with Gasteiger partial charge in [-0.2, -0.15) is 10.2 Å². The highest BCUT2D eigenvalue weighted by Gasteiger charge is 1.97. The summed E-state index contributed by atoms with van der Waals surface area (Å²) in [5.74, 6) is 0. The second-order valence-corrected chi connectivity index (χ2v) is 4.42. The molecule has 0 unspecified atom stereocenters. The molecule has 1 aromatic heterocycles. The van der Waals surface area contributed by atoms with Crippen LogP contribution in [0, 0.1) is 0 Å². The van der Waals surface area contributed by atoms with Gasteiger partial charge in [0.05, 0.1) is 0 Å². The number of hydrogen-bond donors (Lipinski definition) is 0. The van der Waals surface area contributed by atoms with Gasteiger partial charge in [-0.05, 0) is 33.7 Å². The van der Waals surface area contributed by atoms with Crippen LogP contribution < -0.4 is 0 Å². The van der Waals surface area contributed by atoms with E-state index in [0.717, 1.165) is 0 Å². The molecule has 96 valence electrons. The molecular weight excluding hydrogens is 244 g/mol. The lowest BCUT2D eigenvalue weighted by atomic mass is 10.0. The molecular formula is C18H14N2. The molecule has 2 nitrogen and oxygen atoms in total. The molecule has 1 heterocycles. The first-order valence-corrected chi connectivity index (χ1v) is 6.53. The second-order valence-electron chi connectivity index (χ2n) is 4.42. The van der Waals surface area contributed by atoms with Gasteiger partial charge in [0, 0.05) is 12.4 Å². The van der Waals surface area contributed by atoms with Gasteiger partial charge in [0.1, 0.15) is 0 Å². The molecule has 3 aromatic carbocycles. The zero-order chi connectivity index (χ0) is 13.6. The van der Waals surface area contributed by atoms with Crippen LogP contribution in [0.3, 0.4) is 0 Å². The van der Waals surface area contributed by atoms with Gasteiger partial charge < -0.3 is 0 Å². The minimum Gasteiger partial charge on any atom is -0.159 e. The van der Waals surface area contributed by atoms with Crippen LogP contribution in [0.1, 0.15) is 0 Å². The maximum Gasteiger partial charge on any atom is 0.0496 e. The van der Waals surface area contributed by atoms with Crippen molar-refractivity contribution in [1.29, 1.82) is 0 Å². The Bertz CT molecular complexity index is 729. The van der Waals surface area contributed by atoms with Gasteiger partial charge in [-0.25, -0.2) is 0 Å². The lowest BCUT2D eigenvalue weighted by Crippen LogP contribution is -1.75. The van der Waals surface area contributed by atoms with Crippen LogP contribution >= 0.6 is 0 Å². The molecule has 4 rings (SSSR count). The van der Waals surface area contributed by atoms with E-state index in [4.69, 9.17) is 0 Å². The Balaban J connectivity index is 0.000000170. The van der Waals surface area contributed by atoms with Gasteiger partial charge in [0.2, 0.25) is 0 Å². The maximum atomic E-state index is 3.53. The SMILES string of the molecule is c1ccc2c(c1)ccc1ccccc12.c1ccnnc1. The van der Waals surface area contributed by atoms with Gasteiger partial charge in [-0.1, -0.05) is 60.7 Å². The standard InChI is InChI=1S/C14H10.C4H4N2/c1-3-7-13-11(5-1)9-10-12-6-2-4-8-14(12)13;1-2-4-6-5-3-1/h1-10H;1-4H. The molecule has 0 radical (unpaired) electrons. The van der Waals surface area contributed by atoms with Crippen molar-refractivity contribution in [3.63, 3.8) is 0 Å². The molecule has 0 aliphatic carbocycles. The van der Waals surface area contributed by atoms with Gasteiger partial charge in [-0.15, -0.1) is 0 Å². The first-order chi connectivity index (χ1) is 9.95. The number of aromatic nitrogens is 2. The fourth-order valence-electron chi connectivity index (χ4n) is 2.21. The predicted molar refractivity (Wildman–Crippen MR) is 83.5 cm³/mol. The molecule has 0 saturated heterocycles. The molecule has 0 bridgehead atoms. The van der Waals surface area contributed by atoms with E-state index in [-0.39, 0.29) is 0 Å². The molecule has 0 N–H and O–H groups in total. The van der Waals surface area contributed by atoms with Crippen LogP contribution in [0.4, 0.5) is 0 Å². The molecule has 0 saturated carbocycles. The van der Waals surface area contributed by atoms with Crippen molar-refractivity contribution < 1.29 is 0 Å². The summed E-state index contributed by atoms with van der Waals surface area (Å²) < 4.78 is 0. The molecule has 4 aromatic rings. The number of hydrogen-bond acceptors (Lipinski definition) is 2. The lowest BCUT2D eigenvalue weighted by molar-refractivity contribution is 1.03. The molecule has 20 heavy (non-hydrogen) atoms. The van der Waals surface area contributed by atoms with Crippen molar-refractivity contribution in [3.05, 3.63) is 85.2 Å². The Kier molecular flexibility index (Phi) is 3.65. The summed E-state index contributed by atoms with van der Waals surface area (Å²) >= 11 is 0. The summed E-state index contributed by atoms with van der Waals surface area (Å²) in [6.07, 6.45) is 3.28. The third-order valence-electron chi connectivity index (χ3n) is 3.14. The normalized spacial score (nSPS) is 10.0. The van der Waals surface area contributed by atoms with Crippen molar-refractivity contribution in [1.82, 2.24) is 10.2 Å². The van der Waals surface area contributed by atoms with Gasteiger partial charge >= 0.3 is 0 Å². The Hall–Kier alpha value is -2.74. The molecule has 0 fully saturated rings. The summed E-state index contributed by atoms with van der Waals surface area (Å²) in [4.78, 5) is 0. The van der Waals surface area contributed by atoms with Crippen LogP contribution in [-0.4, -0.2) is 10.2 Å². The zero-order valence-electron chi connectivity index (χ0n) is 11.0. The Morgan fingerprint density at radius 2 is 0.900 bits per heavy atom. The summed E-state index contributed by atoms with van der Waals surface area (Å²) in [5, 5.41) is 12.4. The number of fused-ring (bicyclic) bond motifs is 3. The highest BCUT2D eigenvalue weighted by atomic mass is 15.1. The van der Waals surface area contributed by atoms with E-state index in [0.29, 0.717) is 0 Å². The van der Waals surface area contributed by atoms with E-state index in [1.807, 2.05) is 12.1 Å². The quantitative estimate of drug-likeness (QED) is 0.435. The fourth-order valence-corrected chi connectivity index (χ4v) is 2.21. The van der Waals surface area contributed by atoms with Crippen LogP contribution in [0.15, 0.2) is 85.2 Å². The van der Waals surface area contributed by atoms with Crippen molar-refractivity contribution >= 4 is 21.5 Å². The van der Waals surface area contributed by atoms with Crippen LogP contribution in [0.2, 0.25) is 0 Å². The molecule has 0 atom stereocenters. The number of benzene rings is 3. The predicted octanol–water partition coefficient (Wildman–Crippen LogP) is 4.47. The summed E-state index contributed by atoms with van der Waals surface area (Å²) in [6.45, 7) is 0. The first kappa shape index (κ1) is 12.3. The van der Waals surface area contributed by atoms with E-state index in [2.05, 4.69) is 70.9 Å². The average Bonchev–Trinajstić information content (AvgIpc) is 2.57. The summed E-state index contributed by atoms with van der Waals surface area (Å²) in [7, 11) is 0. The Morgan fingerprint density at radius 3 is 1.30 bits per heavy atom. The average molecular weight is 258 g/mol. The second kappa shape index (κ2) is 5.93. The number of rotatable bonds is 0. The molecule has 0 amide bonds. The van der Waals surface area contributed by atoms with Crippen LogP contribution in [0.5, 0.6) is 0 Å². The Labute approximate surface area is 117 Å². The first-order valence-electron chi connectivity index (χ1n) is 6.53. The summed E-state index contributed by atoms with van der Waals surface area (Å²) in [6, 6.07) is 25.0. The maximum absolute atomic E-state index is 3.53. The van der Waals surface area contributed by atoms with Gasteiger partial charge in [-0.3, -0.25) is 0 Å². The minimum absolute atomic E-state index is 1.31. The minimum atomic E-state index is 1.31. The third kappa shape index (κ3) is 2.64. The van der Waals surface area contributed by atoms with Crippen molar-refractivity contribution in [3.8, 4) is 0 Å². The lowest BCUT2D eigenvalue weighted by Gasteiger charge is -2.02.